The van der Waals surface area contributed by atoms with Crippen LogP contribution in [-0.4, -0.2) is 27.2 Å². The van der Waals surface area contributed by atoms with Crippen LogP contribution in [0.3, 0.4) is 0 Å². The van der Waals surface area contributed by atoms with E-state index >= 15 is 0 Å². The average molecular weight is 478 g/mol. The predicted octanol–water partition coefficient (Wildman–Crippen LogP) is 5.21. The predicted molar refractivity (Wildman–Crippen MR) is 125 cm³/mol. The average Bonchev–Trinajstić information content (AvgIpc) is 3.29. The van der Waals surface area contributed by atoms with E-state index in [0.717, 1.165) is 16.7 Å². The van der Waals surface area contributed by atoms with Crippen molar-refractivity contribution in [1.82, 2.24) is 5.32 Å². The highest BCUT2D eigenvalue weighted by atomic mass is 32.2. The molecule has 1 aromatic heterocycles. The van der Waals surface area contributed by atoms with Crippen LogP contribution >= 0.6 is 0 Å². The lowest BCUT2D eigenvalue weighted by Gasteiger charge is -2.36. The van der Waals surface area contributed by atoms with Crippen molar-refractivity contribution in [3.05, 3.63) is 53.0 Å². The third kappa shape index (κ3) is 5.50. The maximum Gasteiger partial charge on any atom is 0.297 e. The van der Waals surface area contributed by atoms with E-state index < -0.39 is 22.4 Å². The Morgan fingerprint density at radius 3 is 2.06 bits per heavy atom. The number of benzene rings is 1. The summed E-state index contributed by atoms with van der Waals surface area (Å²) in [5.74, 6) is 0.259. The molecular weight excluding hydrogens is 442 g/mol. The van der Waals surface area contributed by atoms with Crippen LogP contribution in [0.25, 0.3) is 0 Å². The molecule has 1 saturated heterocycles. The van der Waals surface area contributed by atoms with Crippen molar-refractivity contribution in [3.8, 4) is 0 Å². The molecule has 0 aliphatic carbocycles. The van der Waals surface area contributed by atoms with Gasteiger partial charge in [-0.25, -0.2) is 0 Å². The van der Waals surface area contributed by atoms with Gasteiger partial charge in [0.25, 0.3) is 10.1 Å². The zero-order valence-corrected chi connectivity index (χ0v) is 21.2. The van der Waals surface area contributed by atoms with Gasteiger partial charge in [-0.05, 0) is 53.5 Å². The first kappa shape index (κ1) is 25.5. The third-order valence-corrected chi connectivity index (χ3v) is 7.45. The molecule has 1 fully saturated rings. The Hall–Kier alpha value is -2.16. The van der Waals surface area contributed by atoms with E-state index in [4.69, 9.17) is 13.3 Å². The minimum atomic E-state index is -4.10. The zero-order valence-electron chi connectivity index (χ0n) is 20.4. The molecule has 3 atom stereocenters. The SMILES string of the molecule is CC(C)c1cc(C(C)C)c(S(=O)(=O)OC[C@@H](O[C@H]2NC(=O)[C@@H]2C)c2ccco2)c(C(C)C)c1. The molecule has 0 spiro atoms. The number of amides is 1. The van der Waals surface area contributed by atoms with Crippen LogP contribution in [0.1, 0.15) is 94.8 Å². The quantitative estimate of drug-likeness (QED) is 0.373. The summed E-state index contributed by atoms with van der Waals surface area (Å²) in [5, 5.41) is 2.67. The number of hydrogen-bond donors (Lipinski definition) is 1. The fourth-order valence-electron chi connectivity index (χ4n) is 3.82. The van der Waals surface area contributed by atoms with Crippen molar-refractivity contribution in [1.29, 1.82) is 0 Å². The molecular formula is C25H35NO6S. The molecule has 0 radical (unpaired) electrons. The number of hydrogen-bond acceptors (Lipinski definition) is 6. The lowest BCUT2D eigenvalue weighted by Crippen LogP contribution is -2.58. The van der Waals surface area contributed by atoms with Gasteiger partial charge in [0.15, 0.2) is 0 Å². The molecule has 1 amide bonds. The van der Waals surface area contributed by atoms with E-state index in [2.05, 4.69) is 19.2 Å². The molecule has 0 unspecified atom stereocenters. The van der Waals surface area contributed by atoms with Gasteiger partial charge in [-0.3, -0.25) is 8.98 Å². The number of nitrogens with one attached hydrogen (secondary N) is 1. The summed E-state index contributed by atoms with van der Waals surface area (Å²) in [7, 11) is -4.10. The minimum Gasteiger partial charge on any atom is -0.466 e. The summed E-state index contributed by atoms with van der Waals surface area (Å²) in [4.78, 5) is 11.8. The highest BCUT2D eigenvalue weighted by Gasteiger charge is 2.39. The van der Waals surface area contributed by atoms with Gasteiger partial charge in [-0.1, -0.05) is 53.7 Å². The van der Waals surface area contributed by atoms with Crippen LogP contribution in [0.15, 0.2) is 39.8 Å². The lowest BCUT2D eigenvalue weighted by atomic mass is 9.89. The van der Waals surface area contributed by atoms with Crippen molar-refractivity contribution in [2.75, 3.05) is 6.61 Å². The summed E-state index contributed by atoms with van der Waals surface area (Å²) in [6.45, 7) is 13.6. The van der Waals surface area contributed by atoms with Crippen LogP contribution in [0.4, 0.5) is 0 Å². The fourth-order valence-corrected chi connectivity index (χ4v) is 5.41. The summed E-state index contributed by atoms with van der Waals surface area (Å²) < 4.78 is 44.1. The first-order valence-electron chi connectivity index (χ1n) is 11.5. The van der Waals surface area contributed by atoms with E-state index in [-0.39, 0.29) is 41.1 Å². The first-order chi connectivity index (χ1) is 15.4. The summed E-state index contributed by atoms with van der Waals surface area (Å²) >= 11 is 0. The summed E-state index contributed by atoms with van der Waals surface area (Å²) in [5.41, 5.74) is 2.60. The van der Waals surface area contributed by atoms with Gasteiger partial charge in [0, 0.05) is 0 Å². The van der Waals surface area contributed by atoms with Gasteiger partial charge in [-0.2, -0.15) is 8.42 Å². The van der Waals surface area contributed by atoms with Crippen LogP contribution in [0, 0.1) is 5.92 Å². The first-order valence-corrected chi connectivity index (χ1v) is 12.9. The van der Waals surface area contributed by atoms with Gasteiger partial charge >= 0.3 is 0 Å². The molecule has 2 heterocycles. The molecule has 1 aliphatic heterocycles. The van der Waals surface area contributed by atoms with Gasteiger partial charge in [0.2, 0.25) is 5.91 Å². The van der Waals surface area contributed by atoms with Crippen LogP contribution in [0.2, 0.25) is 0 Å². The second-order valence-electron chi connectivity index (χ2n) is 9.59. The number of ether oxygens (including phenoxy) is 1. The van der Waals surface area contributed by atoms with Gasteiger partial charge in [-0.15, -0.1) is 0 Å². The molecule has 1 aliphatic rings. The Kier molecular flexibility index (Phi) is 7.71. The van der Waals surface area contributed by atoms with Crippen molar-refractivity contribution in [2.45, 2.75) is 83.4 Å². The van der Waals surface area contributed by atoms with Gasteiger partial charge in [0.05, 0.1) is 12.2 Å². The summed E-state index contributed by atoms with van der Waals surface area (Å²) in [6.07, 6.45) is 0.172. The smallest absolute Gasteiger partial charge is 0.297 e. The van der Waals surface area contributed by atoms with Crippen molar-refractivity contribution < 1.29 is 26.5 Å². The Bertz CT molecular complexity index is 1040. The number of β-lactam (4-membered cyclic amide) rings is 1. The highest BCUT2D eigenvalue weighted by molar-refractivity contribution is 7.86. The maximum absolute atomic E-state index is 13.5. The van der Waals surface area contributed by atoms with Crippen molar-refractivity contribution in [2.24, 2.45) is 5.92 Å². The molecule has 33 heavy (non-hydrogen) atoms. The zero-order chi connectivity index (χ0) is 24.5. The van der Waals surface area contributed by atoms with E-state index in [1.807, 2.05) is 39.8 Å². The molecule has 182 valence electrons. The number of carbonyl (C=O) groups is 1. The number of rotatable bonds is 10. The van der Waals surface area contributed by atoms with E-state index in [0.29, 0.717) is 5.76 Å². The molecule has 3 rings (SSSR count). The molecule has 1 aromatic carbocycles. The molecule has 1 N–H and O–H groups in total. The molecule has 2 aromatic rings. The van der Waals surface area contributed by atoms with Crippen LogP contribution < -0.4 is 5.32 Å². The number of furan rings is 1. The lowest BCUT2D eigenvalue weighted by molar-refractivity contribution is -0.163. The monoisotopic (exact) mass is 477 g/mol. The molecule has 8 heteroatoms. The van der Waals surface area contributed by atoms with Crippen molar-refractivity contribution >= 4 is 16.0 Å². The Labute approximate surface area is 197 Å². The topological polar surface area (TPSA) is 94.8 Å². The Morgan fingerprint density at radius 2 is 1.64 bits per heavy atom. The third-order valence-electron chi connectivity index (χ3n) is 6.03. The fraction of sp³-hybridized carbons (Fsp3) is 0.560. The molecule has 0 bridgehead atoms. The normalized spacial score (nSPS) is 19.8. The standard InChI is InChI=1S/C25H35NO6S/c1-14(2)18-11-19(15(3)4)23(20(12-18)16(5)6)33(28,29)31-13-22(21-9-8-10-30-21)32-25-17(7)24(27)26-25/h8-12,14-17,22,25H,13H2,1-7H3,(H,26,27)/t17-,22+,25+/m0/s1. The van der Waals surface area contributed by atoms with Gasteiger partial charge < -0.3 is 14.5 Å². The second-order valence-corrected chi connectivity index (χ2v) is 11.1. The Balaban J connectivity index is 1.93. The van der Waals surface area contributed by atoms with E-state index in [9.17, 15) is 13.2 Å². The van der Waals surface area contributed by atoms with Crippen LogP contribution in [-0.2, 0) is 23.8 Å². The molecule has 7 nitrogen and oxygen atoms in total. The second kappa shape index (κ2) is 9.99. The molecule has 0 saturated carbocycles. The Morgan fingerprint density at radius 1 is 1.03 bits per heavy atom. The maximum atomic E-state index is 13.5. The van der Waals surface area contributed by atoms with E-state index in [1.165, 1.54) is 6.26 Å². The van der Waals surface area contributed by atoms with Gasteiger partial charge in [0.1, 0.15) is 29.6 Å². The minimum absolute atomic E-state index is 0.00210. The number of carbonyl (C=O) groups excluding carboxylic acids is 1. The van der Waals surface area contributed by atoms with E-state index in [1.54, 1.807) is 19.1 Å². The van der Waals surface area contributed by atoms with Crippen molar-refractivity contribution in [3.63, 3.8) is 0 Å². The largest absolute Gasteiger partial charge is 0.466 e. The van der Waals surface area contributed by atoms with Crippen LogP contribution in [0.5, 0.6) is 0 Å². The highest BCUT2D eigenvalue weighted by Crippen LogP contribution is 2.36. The summed E-state index contributed by atoms with van der Waals surface area (Å²) in [6, 6.07) is 7.34.